The van der Waals surface area contributed by atoms with Gasteiger partial charge in [-0.3, -0.25) is 0 Å². The molecule has 24 heavy (non-hydrogen) atoms. The van der Waals surface area contributed by atoms with E-state index < -0.39 is 14.7 Å². The summed E-state index contributed by atoms with van der Waals surface area (Å²) in [5, 5.41) is 0. The van der Waals surface area contributed by atoms with Crippen LogP contribution < -0.4 is 9.09 Å². The third-order valence-electron chi connectivity index (χ3n) is 3.94. The first-order valence-corrected chi connectivity index (χ1v) is 11.1. The van der Waals surface area contributed by atoms with Crippen LogP contribution in [0.25, 0.3) is 12.2 Å². The molecule has 0 spiro atoms. The van der Waals surface area contributed by atoms with Crippen molar-refractivity contribution >= 4 is 31.2 Å². The maximum atomic E-state index is 6.17. The molecule has 1 aliphatic heterocycles. The molecule has 0 amide bonds. The Labute approximate surface area is 147 Å². The molecule has 3 aromatic rings. The van der Waals surface area contributed by atoms with E-state index in [4.69, 9.17) is 4.74 Å². The first-order valence-electron chi connectivity index (χ1n) is 7.96. The molecule has 1 heterocycles. The molecule has 0 saturated carbocycles. The number of rotatable bonds is 1. The van der Waals surface area contributed by atoms with Crippen LogP contribution in [0, 0.1) is 0 Å². The molecule has 0 saturated heterocycles. The quantitative estimate of drug-likeness (QED) is 0.547. The topological polar surface area (TPSA) is 9.23 Å². The van der Waals surface area contributed by atoms with E-state index in [1.807, 2.05) is 24.3 Å². The van der Waals surface area contributed by atoms with Crippen molar-refractivity contribution < 1.29 is 4.74 Å². The van der Waals surface area contributed by atoms with Gasteiger partial charge in [-0.1, -0.05) is 0 Å². The van der Waals surface area contributed by atoms with Crippen molar-refractivity contribution in [3.8, 4) is 11.5 Å². The van der Waals surface area contributed by atoms with Gasteiger partial charge in [-0.15, -0.1) is 0 Å². The number of ether oxygens (including phenoxy) is 1. The maximum absolute atomic E-state index is 6.17. The third kappa shape index (κ3) is 3.22. The molecule has 116 valence electrons. The second kappa shape index (κ2) is 6.94. The van der Waals surface area contributed by atoms with Crippen LogP contribution in [0.3, 0.4) is 0 Å². The minimum atomic E-state index is -1.42. The van der Waals surface area contributed by atoms with Crippen molar-refractivity contribution in [3.63, 3.8) is 0 Å². The molecule has 0 bridgehead atoms. The molecule has 3 aromatic carbocycles. The molecule has 4 rings (SSSR count). The van der Waals surface area contributed by atoms with E-state index in [9.17, 15) is 0 Å². The van der Waals surface area contributed by atoms with Crippen LogP contribution in [-0.2, 0) is 0 Å². The van der Waals surface area contributed by atoms with Crippen LogP contribution in [0.1, 0.15) is 11.1 Å². The number of benzene rings is 3. The van der Waals surface area contributed by atoms with Gasteiger partial charge < -0.3 is 0 Å². The molecule has 1 aliphatic rings. The molecule has 1 nitrogen and oxygen atoms in total. The SMILES string of the molecule is C1=C\[As](c2ccccc2)/C=C\c2ccccc2Oc2ccccc2/1. The van der Waals surface area contributed by atoms with E-state index in [1.165, 1.54) is 4.35 Å². The van der Waals surface area contributed by atoms with Crippen LogP contribution in [-0.4, -0.2) is 14.7 Å². The van der Waals surface area contributed by atoms with Gasteiger partial charge in [0.2, 0.25) is 0 Å². The molecule has 0 atom stereocenters. The van der Waals surface area contributed by atoms with Crippen molar-refractivity contribution in [2.45, 2.75) is 0 Å². The first kappa shape index (κ1) is 15.1. The van der Waals surface area contributed by atoms with Gasteiger partial charge in [0.25, 0.3) is 0 Å². The fourth-order valence-corrected chi connectivity index (χ4v) is 6.05. The van der Waals surface area contributed by atoms with Gasteiger partial charge in [0.1, 0.15) is 0 Å². The standard InChI is InChI=1S/C22H17AsO/c1-2-10-20(11-3-1)23-16-14-18-8-4-6-12-21(18)24-22-13-7-5-9-19(22)15-17-23/h1-17H/b16-14-,17-15-. The predicted molar refractivity (Wildman–Crippen MR) is 103 cm³/mol. The molecule has 0 unspecified atom stereocenters. The van der Waals surface area contributed by atoms with Crippen molar-refractivity contribution in [1.82, 2.24) is 0 Å². The fraction of sp³-hybridized carbons (Fsp3) is 0. The Hall–Kier alpha value is -2.50. The van der Waals surface area contributed by atoms with E-state index in [0.717, 1.165) is 22.6 Å². The average Bonchev–Trinajstić information content (AvgIpc) is 2.65. The molecular formula is C22H17AsO. The fourth-order valence-electron chi connectivity index (χ4n) is 2.68. The molecule has 0 aromatic heterocycles. The van der Waals surface area contributed by atoms with E-state index in [2.05, 4.69) is 76.5 Å². The Morgan fingerprint density at radius 2 is 1.04 bits per heavy atom. The monoisotopic (exact) mass is 372 g/mol. The molecule has 0 N–H and O–H groups in total. The van der Waals surface area contributed by atoms with E-state index in [-0.39, 0.29) is 0 Å². The van der Waals surface area contributed by atoms with E-state index in [0.29, 0.717) is 0 Å². The van der Waals surface area contributed by atoms with E-state index >= 15 is 0 Å². The summed E-state index contributed by atoms with van der Waals surface area (Å²) < 4.78 is 7.60. The van der Waals surface area contributed by atoms with Crippen LogP contribution >= 0.6 is 0 Å². The summed E-state index contributed by atoms with van der Waals surface area (Å²) in [6.45, 7) is 0. The molecule has 0 aliphatic carbocycles. The first-order chi connectivity index (χ1) is 11.9. The summed E-state index contributed by atoms with van der Waals surface area (Å²) in [5.74, 6) is 1.80. The minimum absolute atomic E-state index is 0.901. The van der Waals surface area contributed by atoms with Crippen LogP contribution in [0.4, 0.5) is 0 Å². The summed E-state index contributed by atoms with van der Waals surface area (Å²) in [5.41, 5.74) is 2.25. The Morgan fingerprint density at radius 3 is 1.62 bits per heavy atom. The van der Waals surface area contributed by atoms with Gasteiger partial charge in [0.15, 0.2) is 0 Å². The molecular weight excluding hydrogens is 355 g/mol. The van der Waals surface area contributed by atoms with E-state index in [1.54, 1.807) is 0 Å². The third-order valence-corrected chi connectivity index (χ3v) is 7.79. The van der Waals surface area contributed by atoms with Crippen LogP contribution in [0.5, 0.6) is 11.5 Å². The Kier molecular flexibility index (Phi) is 4.36. The summed E-state index contributed by atoms with van der Waals surface area (Å²) in [7, 11) is 0. The molecule has 0 radical (unpaired) electrons. The predicted octanol–water partition coefficient (Wildman–Crippen LogP) is 5.00. The summed E-state index contributed by atoms with van der Waals surface area (Å²) >= 11 is -1.42. The normalized spacial score (nSPS) is 16.3. The van der Waals surface area contributed by atoms with Crippen LogP contribution in [0.15, 0.2) is 88.6 Å². The summed E-state index contributed by atoms with van der Waals surface area (Å²) in [4.78, 5) is 4.74. The Balaban J connectivity index is 1.85. The van der Waals surface area contributed by atoms with Gasteiger partial charge >= 0.3 is 147 Å². The van der Waals surface area contributed by atoms with Crippen LogP contribution in [0.2, 0.25) is 0 Å². The Morgan fingerprint density at radius 1 is 0.542 bits per heavy atom. The van der Waals surface area contributed by atoms with Gasteiger partial charge in [0.05, 0.1) is 0 Å². The average molecular weight is 372 g/mol. The summed E-state index contributed by atoms with van der Waals surface area (Å²) in [6, 6.07) is 27.2. The van der Waals surface area contributed by atoms with Crippen molar-refractivity contribution in [2.24, 2.45) is 0 Å². The summed E-state index contributed by atoms with van der Waals surface area (Å²) in [6.07, 6.45) is 4.42. The number of hydrogen-bond acceptors (Lipinski definition) is 1. The second-order valence-electron chi connectivity index (χ2n) is 5.55. The zero-order valence-corrected chi connectivity index (χ0v) is 15.0. The van der Waals surface area contributed by atoms with Crippen molar-refractivity contribution in [3.05, 3.63) is 99.7 Å². The zero-order valence-electron chi connectivity index (χ0n) is 13.2. The second-order valence-corrected chi connectivity index (χ2v) is 9.60. The molecule has 0 fully saturated rings. The number of fused-ring (bicyclic) bond motifs is 2. The van der Waals surface area contributed by atoms with Crippen molar-refractivity contribution in [2.75, 3.05) is 0 Å². The zero-order chi connectivity index (χ0) is 16.2. The molecule has 2 heteroatoms. The Bertz CT molecular complexity index is 841. The van der Waals surface area contributed by atoms with Gasteiger partial charge in [-0.25, -0.2) is 0 Å². The van der Waals surface area contributed by atoms with Gasteiger partial charge in [0, 0.05) is 0 Å². The van der Waals surface area contributed by atoms with Gasteiger partial charge in [-0.05, 0) is 0 Å². The van der Waals surface area contributed by atoms with Gasteiger partial charge in [-0.2, -0.15) is 0 Å². The number of para-hydroxylation sites is 2. The number of hydrogen-bond donors (Lipinski definition) is 0. The van der Waals surface area contributed by atoms with Crippen molar-refractivity contribution in [1.29, 1.82) is 0 Å².